The van der Waals surface area contributed by atoms with E-state index >= 15 is 0 Å². The van der Waals surface area contributed by atoms with E-state index in [0.29, 0.717) is 0 Å². The Labute approximate surface area is 106 Å². The molecule has 0 radical (unpaired) electrons. The first-order valence-corrected chi connectivity index (χ1v) is 6.92. The Morgan fingerprint density at radius 3 is 2.56 bits per heavy atom. The van der Waals surface area contributed by atoms with Crippen molar-refractivity contribution in [2.75, 3.05) is 44.2 Å². The van der Waals surface area contributed by atoms with Crippen LogP contribution in [-0.2, 0) is 0 Å². The molecule has 0 bridgehead atoms. The molecule has 0 aromatic carbocycles. The summed E-state index contributed by atoms with van der Waals surface area (Å²) in [7, 11) is 0. The number of thiophene rings is 1. The molecule has 2 heterocycles. The van der Waals surface area contributed by atoms with E-state index in [1.165, 1.54) is 5.00 Å². The molecule has 2 N–H and O–H groups in total. The van der Waals surface area contributed by atoms with Crippen molar-refractivity contribution in [1.29, 1.82) is 0 Å². The van der Waals surface area contributed by atoms with Gasteiger partial charge in [-0.05, 0) is 31.6 Å². The first kappa shape index (κ1) is 12.2. The van der Waals surface area contributed by atoms with Gasteiger partial charge in [-0.15, -0.1) is 11.3 Å². The smallest absolute Gasteiger partial charge is 0.0950 e. The molecule has 1 aromatic rings. The van der Waals surface area contributed by atoms with Crippen molar-refractivity contribution in [3.8, 4) is 0 Å². The summed E-state index contributed by atoms with van der Waals surface area (Å²) in [5.74, 6) is 0. The van der Waals surface area contributed by atoms with Crippen molar-refractivity contribution in [3.05, 3.63) is 16.5 Å². The van der Waals surface area contributed by atoms with Crippen LogP contribution in [0.2, 0.25) is 4.34 Å². The first-order valence-electron chi connectivity index (χ1n) is 5.72. The van der Waals surface area contributed by atoms with E-state index in [2.05, 4.69) is 15.9 Å². The standard InChI is InChI=1S/C11H18ClN3S/c12-10-2-3-11(16-10)15-8-6-14(7-9-15)5-1-4-13/h2-3H,1,4-9,13H2. The lowest BCUT2D eigenvalue weighted by Crippen LogP contribution is -2.46. The highest BCUT2D eigenvalue weighted by Crippen LogP contribution is 2.29. The van der Waals surface area contributed by atoms with E-state index in [9.17, 15) is 0 Å². The summed E-state index contributed by atoms with van der Waals surface area (Å²) in [5.41, 5.74) is 5.52. The van der Waals surface area contributed by atoms with E-state index in [0.717, 1.165) is 50.0 Å². The maximum Gasteiger partial charge on any atom is 0.0950 e. The summed E-state index contributed by atoms with van der Waals surface area (Å²) in [6.07, 6.45) is 1.10. The fourth-order valence-electron chi connectivity index (χ4n) is 1.98. The maximum atomic E-state index is 5.94. The van der Waals surface area contributed by atoms with E-state index in [1.54, 1.807) is 11.3 Å². The molecule has 1 aliphatic heterocycles. The van der Waals surface area contributed by atoms with Crippen LogP contribution in [0.15, 0.2) is 12.1 Å². The number of hydrogen-bond donors (Lipinski definition) is 1. The summed E-state index contributed by atoms with van der Waals surface area (Å²) in [6, 6.07) is 4.09. The zero-order valence-corrected chi connectivity index (χ0v) is 10.9. The first-order chi connectivity index (χ1) is 7.79. The highest BCUT2D eigenvalue weighted by atomic mass is 35.5. The van der Waals surface area contributed by atoms with E-state index < -0.39 is 0 Å². The van der Waals surface area contributed by atoms with Crippen molar-refractivity contribution in [1.82, 2.24) is 4.90 Å². The zero-order chi connectivity index (χ0) is 11.4. The second-order valence-corrected chi connectivity index (χ2v) is 5.74. The fourth-order valence-corrected chi connectivity index (χ4v) is 3.07. The molecule has 90 valence electrons. The van der Waals surface area contributed by atoms with Crippen molar-refractivity contribution in [2.45, 2.75) is 6.42 Å². The number of hydrogen-bond acceptors (Lipinski definition) is 4. The SMILES string of the molecule is NCCCN1CCN(c2ccc(Cl)s2)CC1. The number of halogens is 1. The molecular formula is C11H18ClN3S. The molecule has 1 aromatic heterocycles. The molecule has 0 amide bonds. The summed E-state index contributed by atoms with van der Waals surface area (Å²) >= 11 is 7.61. The maximum absolute atomic E-state index is 5.94. The van der Waals surface area contributed by atoms with Crippen molar-refractivity contribution >= 4 is 27.9 Å². The van der Waals surface area contributed by atoms with Gasteiger partial charge in [0.05, 0.1) is 9.34 Å². The number of anilines is 1. The van der Waals surface area contributed by atoms with Crippen LogP contribution in [0.3, 0.4) is 0 Å². The number of nitrogens with zero attached hydrogens (tertiary/aromatic N) is 2. The third-order valence-electron chi connectivity index (χ3n) is 2.92. The van der Waals surface area contributed by atoms with Crippen LogP contribution in [0.1, 0.15) is 6.42 Å². The third-order valence-corrected chi connectivity index (χ3v) is 4.21. The minimum absolute atomic E-state index is 0.792. The largest absolute Gasteiger partial charge is 0.361 e. The van der Waals surface area contributed by atoms with Gasteiger partial charge in [0.2, 0.25) is 0 Å². The van der Waals surface area contributed by atoms with Gasteiger partial charge in [-0.1, -0.05) is 11.6 Å². The molecule has 0 spiro atoms. The topological polar surface area (TPSA) is 32.5 Å². The van der Waals surface area contributed by atoms with Crippen LogP contribution < -0.4 is 10.6 Å². The van der Waals surface area contributed by atoms with Gasteiger partial charge in [0.25, 0.3) is 0 Å². The van der Waals surface area contributed by atoms with Gasteiger partial charge in [0, 0.05) is 26.2 Å². The molecule has 3 nitrogen and oxygen atoms in total. The second kappa shape index (κ2) is 5.87. The lowest BCUT2D eigenvalue weighted by molar-refractivity contribution is 0.257. The van der Waals surface area contributed by atoms with Crippen LogP contribution >= 0.6 is 22.9 Å². The molecule has 1 aliphatic rings. The Hall–Kier alpha value is -0.290. The molecule has 0 unspecified atom stereocenters. The zero-order valence-electron chi connectivity index (χ0n) is 9.36. The molecule has 16 heavy (non-hydrogen) atoms. The monoisotopic (exact) mass is 259 g/mol. The summed E-state index contributed by atoms with van der Waals surface area (Å²) in [5, 5.41) is 1.29. The Balaban J connectivity index is 1.81. The molecule has 0 atom stereocenters. The van der Waals surface area contributed by atoms with Crippen LogP contribution in [0.25, 0.3) is 0 Å². The van der Waals surface area contributed by atoms with Gasteiger partial charge in [-0.25, -0.2) is 0 Å². The van der Waals surface area contributed by atoms with E-state index in [-0.39, 0.29) is 0 Å². The number of nitrogens with two attached hydrogens (primary N) is 1. The minimum atomic E-state index is 0.792. The summed E-state index contributed by atoms with van der Waals surface area (Å²) in [6.45, 7) is 6.39. The molecule has 1 fully saturated rings. The van der Waals surface area contributed by atoms with Crippen molar-refractivity contribution in [3.63, 3.8) is 0 Å². The van der Waals surface area contributed by atoms with Gasteiger partial charge >= 0.3 is 0 Å². The van der Waals surface area contributed by atoms with Gasteiger partial charge in [-0.3, -0.25) is 4.90 Å². The molecule has 1 saturated heterocycles. The number of piperazine rings is 1. The highest BCUT2D eigenvalue weighted by molar-refractivity contribution is 7.19. The Bertz CT molecular complexity index is 321. The van der Waals surface area contributed by atoms with Gasteiger partial charge < -0.3 is 10.6 Å². The van der Waals surface area contributed by atoms with Crippen LogP contribution in [0.4, 0.5) is 5.00 Å². The van der Waals surface area contributed by atoms with Crippen LogP contribution in [0.5, 0.6) is 0 Å². The van der Waals surface area contributed by atoms with Crippen LogP contribution in [0, 0.1) is 0 Å². The second-order valence-electron chi connectivity index (χ2n) is 4.05. The lowest BCUT2D eigenvalue weighted by Gasteiger charge is -2.35. The normalized spacial score (nSPS) is 18.0. The van der Waals surface area contributed by atoms with Gasteiger partial charge in [-0.2, -0.15) is 0 Å². The molecule has 0 aliphatic carbocycles. The fraction of sp³-hybridized carbons (Fsp3) is 0.636. The summed E-state index contributed by atoms with van der Waals surface area (Å²) in [4.78, 5) is 4.90. The lowest BCUT2D eigenvalue weighted by atomic mass is 10.3. The molecule has 2 rings (SSSR count). The quantitative estimate of drug-likeness (QED) is 0.896. The van der Waals surface area contributed by atoms with Gasteiger partial charge in [0.1, 0.15) is 0 Å². The van der Waals surface area contributed by atoms with Crippen molar-refractivity contribution in [2.24, 2.45) is 5.73 Å². The Kier molecular flexibility index (Phi) is 4.46. The third kappa shape index (κ3) is 3.10. The van der Waals surface area contributed by atoms with Gasteiger partial charge in [0.15, 0.2) is 0 Å². The summed E-state index contributed by atoms with van der Waals surface area (Å²) < 4.78 is 0.876. The molecular weight excluding hydrogens is 242 g/mol. The average molecular weight is 260 g/mol. The predicted molar refractivity (Wildman–Crippen MR) is 71.7 cm³/mol. The van der Waals surface area contributed by atoms with Crippen LogP contribution in [-0.4, -0.2) is 44.2 Å². The predicted octanol–water partition coefficient (Wildman–Crippen LogP) is 1.87. The Morgan fingerprint density at radius 1 is 1.25 bits per heavy atom. The number of rotatable bonds is 4. The van der Waals surface area contributed by atoms with E-state index in [4.69, 9.17) is 17.3 Å². The minimum Gasteiger partial charge on any atom is -0.361 e. The van der Waals surface area contributed by atoms with E-state index in [1.807, 2.05) is 6.07 Å². The van der Waals surface area contributed by atoms with Crippen molar-refractivity contribution < 1.29 is 0 Å². The molecule has 5 heteroatoms. The highest BCUT2D eigenvalue weighted by Gasteiger charge is 2.17. The Morgan fingerprint density at radius 2 is 2.00 bits per heavy atom. The molecule has 0 saturated carbocycles. The average Bonchev–Trinajstić information content (AvgIpc) is 2.74.